The molecule has 2 aromatic rings. The van der Waals surface area contributed by atoms with Crippen LogP contribution < -0.4 is 11.1 Å². The lowest BCUT2D eigenvalue weighted by atomic mass is 10.0. The zero-order valence-electron chi connectivity index (χ0n) is 13.5. The number of hydrogen-bond acceptors (Lipinski definition) is 5. The molecule has 6 heteroatoms. The topological polar surface area (TPSA) is 90.4 Å². The number of aryl methyl sites for hydroxylation is 1. The molecule has 0 fully saturated rings. The van der Waals surface area contributed by atoms with Gasteiger partial charge in [0.15, 0.2) is 11.6 Å². The maximum atomic E-state index is 12.0. The molecule has 1 amide bonds. The molecule has 0 aliphatic heterocycles. The van der Waals surface area contributed by atoms with Crippen LogP contribution in [0.3, 0.4) is 0 Å². The molecule has 0 saturated heterocycles. The van der Waals surface area contributed by atoms with Gasteiger partial charge in [-0.2, -0.15) is 0 Å². The van der Waals surface area contributed by atoms with Gasteiger partial charge in [0, 0.05) is 17.3 Å². The van der Waals surface area contributed by atoms with E-state index in [9.17, 15) is 4.79 Å². The van der Waals surface area contributed by atoms with Gasteiger partial charge in [0.05, 0.1) is 0 Å². The first kappa shape index (κ1) is 15.9. The van der Waals surface area contributed by atoms with Gasteiger partial charge in [-0.1, -0.05) is 5.16 Å². The van der Waals surface area contributed by atoms with Gasteiger partial charge in [0.2, 0.25) is 0 Å². The Morgan fingerprint density at radius 3 is 2.50 bits per heavy atom. The fraction of sp³-hybridized carbons (Fsp3) is 0.375. The number of nitrogens with one attached hydrogen (secondary N) is 1. The number of anilines is 2. The minimum Gasteiger partial charge on any atom is -0.444 e. The van der Waals surface area contributed by atoms with Crippen molar-refractivity contribution < 1.29 is 14.1 Å². The molecule has 2 rings (SSSR count). The molecule has 6 nitrogen and oxygen atoms in total. The summed E-state index contributed by atoms with van der Waals surface area (Å²) in [5, 5.41) is 6.44. The number of amides is 1. The zero-order chi connectivity index (χ0) is 16.5. The quantitative estimate of drug-likeness (QED) is 0.878. The summed E-state index contributed by atoms with van der Waals surface area (Å²) in [4.78, 5) is 12.0. The molecule has 3 N–H and O–H groups in total. The molecule has 0 saturated carbocycles. The van der Waals surface area contributed by atoms with E-state index >= 15 is 0 Å². The van der Waals surface area contributed by atoms with E-state index in [2.05, 4.69) is 10.5 Å². The second-order valence-electron chi connectivity index (χ2n) is 6.21. The van der Waals surface area contributed by atoms with Gasteiger partial charge in [-0.25, -0.2) is 4.79 Å². The molecule has 1 heterocycles. The van der Waals surface area contributed by atoms with Crippen LogP contribution in [0, 0.1) is 13.8 Å². The summed E-state index contributed by atoms with van der Waals surface area (Å²) < 4.78 is 10.4. The number of aromatic nitrogens is 1. The lowest BCUT2D eigenvalue weighted by Gasteiger charge is -2.20. The highest BCUT2D eigenvalue weighted by Gasteiger charge is 2.18. The molecule has 118 valence electrons. The number of nitrogens with two attached hydrogens (primary N) is 1. The van der Waals surface area contributed by atoms with Crippen molar-refractivity contribution in [3.05, 3.63) is 29.3 Å². The minimum atomic E-state index is -0.552. The summed E-state index contributed by atoms with van der Waals surface area (Å²) in [7, 11) is 0. The molecule has 0 aliphatic carbocycles. The van der Waals surface area contributed by atoms with Gasteiger partial charge in [0.1, 0.15) is 5.60 Å². The Kier molecular flexibility index (Phi) is 4.12. The van der Waals surface area contributed by atoms with Crippen LogP contribution in [-0.2, 0) is 4.74 Å². The predicted molar refractivity (Wildman–Crippen MR) is 85.7 cm³/mol. The highest BCUT2D eigenvalue weighted by atomic mass is 16.6. The van der Waals surface area contributed by atoms with Gasteiger partial charge < -0.3 is 15.0 Å². The molecule has 0 spiro atoms. The molecule has 22 heavy (non-hydrogen) atoms. The van der Waals surface area contributed by atoms with Gasteiger partial charge in [-0.05, 0) is 57.9 Å². The van der Waals surface area contributed by atoms with Crippen LogP contribution in [0.5, 0.6) is 0 Å². The van der Waals surface area contributed by atoms with Gasteiger partial charge >= 0.3 is 6.09 Å². The smallest absolute Gasteiger partial charge is 0.412 e. The van der Waals surface area contributed by atoms with Gasteiger partial charge in [-0.15, -0.1) is 0 Å². The van der Waals surface area contributed by atoms with Crippen molar-refractivity contribution in [3.8, 4) is 11.3 Å². The number of carbonyl (C=O) groups excluding carboxylic acids is 1. The largest absolute Gasteiger partial charge is 0.444 e. The molecular formula is C16H21N3O3. The maximum absolute atomic E-state index is 12.0. The van der Waals surface area contributed by atoms with Crippen LogP contribution in [0.4, 0.5) is 16.3 Å². The first-order valence-corrected chi connectivity index (χ1v) is 6.99. The fourth-order valence-electron chi connectivity index (χ4n) is 1.97. The van der Waals surface area contributed by atoms with Crippen molar-refractivity contribution in [2.75, 3.05) is 11.1 Å². The fourth-order valence-corrected chi connectivity index (χ4v) is 1.97. The van der Waals surface area contributed by atoms with E-state index in [-0.39, 0.29) is 0 Å². The Morgan fingerprint density at radius 2 is 1.95 bits per heavy atom. The SMILES string of the molecule is Cc1cc(-c2cc(N)no2)cc(NC(=O)OC(C)(C)C)c1C. The molecule has 0 atom stereocenters. The first-order chi connectivity index (χ1) is 10.2. The van der Waals surface area contributed by atoms with Crippen molar-refractivity contribution in [2.45, 2.75) is 40.2 Å². The summed E-state index contributed by atoms with van der Waals surface area (Å²) in [5.74, 6) is 0.864. The third kappa shape index (κ3) is 3.78. The van der Waals surface area contributed by atoms with E-state index in [1.54, 1.807) is 6.07 Å². The number of nitrogen functional groups attached to an aromatic ring is 1. The number of nitrogens with zero attached hydrogens (tertiary/aromatic N) is 1. The summed E-state index contributed by atoms with van der Waals surface area (Å²) in [6, 6.07) is 5.41. The van der Waals surface area contributed by atoms with Crippen molar-refractivity contribution in [2.24, 2.45) is 0 Å². The lowest BCUT2D eigenvalue weighted by molar-refractivity contribution is 0.0636. The normalized spacial score (nSPS) is 11.3. The zero-order valence-corrected chi connectivity index (χ0v) is 13.5. The van der Waals surface area contributed by atoms with E-state index in [4.69, 9.17) is 15.0 Å². The monoisotopic (exact) mass is 303 g/mol. The number of ether oxygens (including phenoxy) is 1. The third-order valence-electron chi connectivity index (χ3n) is 3.12. The predicted octanol–water partition coefficient (Wildman–Crippen LogP) is 3.89. The average Bonchev–Trinajstić information content (AvgIpc) is 2.79. The summed E-state index contributed by atoms with van der Waals surface area (Å²) in [6.07, 6.45) is -0.496. The summed E-state index contributed by atoms with van der Waals surface area (Å²) in [6.45, 7) is 9.34. The first-order valence-electron chi connectivity index (χ1n) is 6.99. The number of benzene rings is 1. The van der Waals surface area contributed by atoms with Gasteiger partial charge in [0.25, 0.3) is 0 Å². The van der Waals surface area contributed by atoms with Crippen LogP contribution in [0.25, 0.3) is 11.3 Å². The van der Waals surface area contributed by atoms with Crippen LogP contribution in [0.1, 0.15) is 31.9 Å². The number of rotatable bonds is 2. The van der Waals surface area contributed by atoms with Crippen molar-refractivity contribution in [1.29, 1.82) is 0 Å². The van der Waals surface area contributed by atoms with Crippen LogP contribution >= 0.6 is 0 Å². The minimum absolute atomic E-state index is 0.315. The van der Waals surface area contributed by atoms with Crippen molar-refractivity contribution in [1.82, 2.24) is 5.16 Å². The Morgan fingerprint density at radius 1 is 1.27 bits per heavy atom. The summed E-state index contributed by atoms with van der Waals surface area (Å²) in [5.41, 5.74) is 8.45. The highest BCUT2D eigenvalue weighted by Crippen LogP contribution is 2.29. The molecule has 0 bridgehead atoms. The summed E-state index contributed by atoms with van der Waals surface area (Å²) >= 11 is 0. The van der Waals surface area contributed by atoms with E-state index in [0.29, 0.717) is 17.3 Å². The molecule has 1 aromatic heterocycles. The van der Waals surface area contributed by atoms with Gasteiger partial charge in [-0.3, -0.25) is 5.32 Å². The number of carbonyl (C=O) groups is 1. The maximum Gasteiger partial charge on any atom is 0.412 e. The average molecular weight is 303 g/mol. The lowest BCUT2D eigenvalue weighted by Crippen LogP contribution is -2.27. The Labute approximate surface area is 129 Å². The standard InChI is InChI=1S/C16H21N3O3/c1-9-6-11(13-8-14(17)19-22-13)7-12(10(9)2)18-15(20)21-16(3,4)5/h6-8H,1-5H3,(H2,17,19)(H,18,20). The highest BCUT2D eigenvalue weighted by molar-refractivity contribution is 5.87. The van der Waals surface area contributed by atoms with Crippen LogP contribution in [0.2, 0.25) is 0 Å². The second-order valence-corrected chi connectivity index (χ2v) is 6.21. The Balaban J connectivity index is 2.31. The Hall–Kier alpha value is -2.50. The second kappa shape index (κ2) is 5.71. The third-order valence-corrected chi connectivity index (χ3v) is 3.12. The molecule has 1 aromatic carbocycles. The van der Waals surface area contributed by atoms with E-state index in [1.165, 1.54) is 0 Å². The van der Waals surface area contributed by atoms with Crippen LogP contribution in [0.15, 0.2) is 22.7 Å². The molecule has 0 aliphatic rings. The Bertz CT molecular complexity index is 699. The van der Waals surface area contributed by atoms with Crippen LogP contribution in [-0.4, -0.2) is 16.9 Å². The number of hydrogen-bond donors (Lipinski definition) is 2. The van der Waals surface area contributed by atoms with E-state index in [0.717, 1.165) is 16.7 Å². The van der Waals surface area contributed by atoms with Crippen molar-refractivity contribution in [3.63, 3.8) is 0 Å². The van der Waals surface area contributed by atoms with E-state index in [1.807, 2.05) is 46.8 Å². The van der Waals surface area contributed by atoms with E-state index < -0.39 is 11.7 Å². The van der Waals surface area contributed by atoms with Crippen molar-refractivity contribution >= 4 is 17.6 Å². The molecule has 0 radical (unpaired) electrons. The molecule has 0 unspecified atom stereocenters. The molecular weight excluding hydrogens is 282 g/mol.